The summed E-state index contributed by atoms with van der Waals surface area (Å²) < 4.78 is 5.47. The van der Waals surface area contributed by atoms with Crippen molar-refractivity contribution in [3.05, 3.63) is 35.4 Å². The number of hydrogen-bond donors (Lipinski definition) is 1. The van der Waals surface area contributed by atoms with Crippen molar-refractivity contribution in [2.75, 3.05) is 26.7 Å². The van der Waals surface area contributed by atoms with Gasteiger partial charge in [-0.1, -0.05) is 31.2 Å². The van der Waals surface area contributed by atoms with Crippen LogP contribution in [0.3, 0.4) is 0 Å². The first-order valence-corrected chi connectivity index (χ1v) is 8.39. The standard InChI is InChI=1S/C18H27N3O3/c1-4-14-5-7-15(8-6-14)11-20(3)16(22)12-21-9-10-24-13(2)17(21)18(19)23/h5-8,13,17H,4,9-12H2,1-3H3,(H2,19,23)/t13-,17+/m1/s1. The summed E-state index contributed by atoms with van der Waals surface area (Å²) >= 11 is 0. The largest absolute Gasteiger partial charge is 0.375 e. The number of nitrogens with two attached hydrogens (primary N) is 1. The molecule has 0 unspecified atom stereocenters. The van der Waals surface area contributed by atoms with E-state index in [1.165, 1.54) is 5.56 Å². The Labute approximate surface area is 143 Å². The first-order chi connectivity index (χ1) is 11.4. The number of aryl methyl sites for hydroxylation is 1. The van der Waals surface area contributed by atoms with Crippen LogP contribution in [0, 0.1) is 0 Å². The van der Waals surface area contributed by atoms with E-state index in [1.54, 1.807) is 11.9 Å². The molecule has 24 heavy (non-hydrogen) atoms. The molecule has 1 fully saturated rings. The first kappa shape index (κ1) is 18.4. The normalized spacial score (nSPS) is 21.5. The molecule has 1 saturated heterocycles. The van der Waals surface area contributed by atoms with Crippen molar-refractivity contribution < 1.29 is 14.3 Å². The third-order valence-corrected chi connectivity index (χ3v) is 4.50. The van der Waals surface area contributed by atoms with Gasteiger partial charge in [0.15, 0.2) is 0 Å². The van der Waals surface area contributed by atoms with Gasteiger partial charge >= 0.3 is 0 Å². The zero-order valence-electron chi connectivity index (χ0n) is 14.7. The molecule has 132 valence electrons. The maximum absolute atomic E-state index is 12.5. The van der Waals surface area contributed by atoms with Gasteiger partial charge in [0.25, 0.3) is 0 Å². The summed E-state index contributed by atoms with van der Waals surface area (Å²) in [4.78, 5) is 27.7. The highest BCUT2D eigenvalue weighted by atomic mass is 16.5. The Morgan fingerprint density at radius 3 is 2.50 bits per heavy atom. The molecule has 2 atom stereocenters. The molecule has 2 N–H and O–H groups in total. The van der Waals surface area contributed by atoms with Gasteiger partial charge in [0.2, 0.25) is 11.8 Å². The van der Waals surface area contributed by atoms with Gasteiger partial charge in [-0.2, -0.15) is 0 Å². The van der Waals surface area contributed by atoms with E-state index >= 15 is 0 Å². The van der Waals surface area contributed by atoms with Crippen LogP contribution in [0.25, 0.3) is 0 Å². The van der Waals surface area contributed by atoms with E-state index < -0.39 is 11.9 Å². The fraction of sp³-hybridized carbons (Fsp3) is 0.556. The summed E-state index contributed by atoms with van der Waals surface area (Å²) in [6.07, 6.45) is 0.703. The fourth-order valence-corrected chi connectivity index (χ4v) is 3.01. The summed E-state index contributed by atoms with van der Waals surface area (Å²) in [7, 11) is 1.78. The first-order valence-electron chi connectivity index (χ1n) is 8.39. The fourth-order valence-electron chi connectivity index (χ4n) is 3.01. The summed E-state index contributed by atoms with van der Waals surface area (Å²) in [5, 5.41) is 0. The number of benzene rings is 1. The van der Waals surface area contributed by atoms with Crippen LogP contribution in [0.1, 0.15) is 25.0 Å². The summed E-state index contributed by atoms with van der Waals surface area (Å²) in [5.74, 6) is -0.484. The molecule has 1 aliphatic rings. The minimum absolute atomic E-state index is 0.0325. The van der Waals surface area contributed by atoms with Crippen molar-refractivity contribution in [2.24, 2.45) is 5.73 Å². The molecule has 1 heterocycles. The van der Waals surface area contributed by atoms with E-state index in [2.05, 4.69) is 19.1 Å². The smallest absolute Gasteiger partial charge is 0.237 e. The molecule has 0 spiro atoms. The number of morpholine rings is 1. The lowest BCUT2D eigenvalue weighted by Crippen LogP contribution is -2.58. The SMILES string of the molecule is CCc1ccc(CN(C)C(=O)CN2CCO[C@H](C)[C@H]2C(N)=O)cc1. The number of likely N-dealkylation sites (N-methyl/N-ethyl adjacent to an activating group) is 1. The molecule has 1 aromatic carbocycles. The number of carbonyl (C=O) groups is 2. The van der Waals surface area contributed by atoms with Gasteiger partial charge in [-0.3, -0.25) is 14.5 Å². The highest BCUT2D eigenvalue weighted by Crippen LogP contribution is 2.14. The molecule has 0 bridgehead atoms. The predicted octanol–water partition coefficient (Wildman–Crippen LogP) is 0.782. The average molecular weight is 333 g/mol. The molecule has 6 heteroatoms. The van der Waals surface area contributed by atoms with Crippen LogP contribution in [0.2, 0.25) is 0 Å². The van der Waals surface area contributed by atoms with Crippen LogP contribution < -0.4 is 5.73 Å². The second-order valence-electron chi connectivity index (χ2n) is 6.31. The van der Waals surface area contributed by atoms with Crippen LogP contribution in [-0.4, -0.2) is 60.5 Å². The molecule has 0 aliphatic carbocycles. The second-order valence-corrected chi connectivity index (χ2v) is 6.31. The Kier molecular flexibility index (Phi) is 6.34. The number of ether oxygens (including phenoxy) is 1. The molecule has 1 aliphatic heterocycles. The maximum atomic E-state index is 12.5. The van der Waals surface area contributed by atoms with Crippen molar-refractivity contribution in [1.82, 2.24) is 9.80 Å². The Balaban J connectivity index is 1.95. The van der Waals surface area contributed by atoms with E-state index in [1.807, 2.05) is 24.0 Å². The lowest BCUT2D eigenvalue weighted by molar-refractivity contribution is -0.142. The van der Waals surface area contributed by atoms with Crippen LogP contribution in [0.15, 0.2) is 24.3 Å². The number of rotatable bonds is 6. The highest BCUT2D eigenvalue weighted by molar-refractivity contribution is 5.83. The van der Waals surface area contributed by atoms with Crippen molar-refractivity contribution in [3.8, 4) is 0 Å². The molecular weight excluding hydrogens is 306 g/mol. The Morgan fingerprint density at radius 1 is 1.29 bits per heavy atom. The third kappa shape index (κ3) is 4.55. The average Bonchev–Trinajstić information content (AvgIpc) is 2.55. The van der Waals surface area contributed by atoms with Gasteiger partial charge in [0.1, 0.15) is 6.04 Å². The number of amides is 2. The molecule has 0 saturated carbocycles. The topological polar surface area (TPSA) is 75.9 Å². The van der Waals surface area contributed by atoms with Gasteiger partial charge in [-0.05, 0) is 24.5 Å². The van der Waals surface area contributed by atoms with Gasteiger partial charge < -0.3 is 15.4 Å². The van der Waals surface area contributed by atoms with E-state index in [4.69, 9.17) is 10.5 Å². The summed E-state index contributed by atoms with van der Waals surface area (Å²) in [6, 6.07) is 7.71. The monoisotopic (exact) mass is 333 g/mol. The number of carbonyl (C=O) groups excluding carboxylic acids is 2. The highest BCUT2D eigenvalue weighted by Gasteiger charge is 2.35. The lowest BCUT2D eigenvalue weighted by atomic mass is 10.1. The second kappa shape index (κ2) is 8.26. The van der Waals surface area contributed by atoms with Crippen molar-refractivity contribution in [3.63, 3.8) is 0 Å². The zero-order chi connectivity index (χ0) is 17.7. The Morgan fingerprint density at radius 2 is 1.92 bits per heavy atom. The molecule has 1 aromatic rings. The Hall–Kier alpha value is -1.92. The van der Waals surface area contributed by atoms with Crippen LogP contribution in [0.5, 0.6) is 0 Å². The van der Waals surface area contributed by atoms with Gasteiger partial charge in [-0.25, -0.2) is 0 Å². The zero-order valence-corrected chi connectivity index (χ0v) is 14.7. The Bertz CT molecular complexity index is 573. The van der Waals surface area contributed by atoms with E-state index in [9.17, 15) is 9.59 Å². The molecular formula is C18H27N3O3. The summed E-state index contributed by atoms with van der Waals surface area (Å²) in [5.41, 5.74) is 7.83. The minimum Gasteiger partial charge on any atom is -0.375 e. The van der Waals surface area contributed by atoms with E-state index in [0.717, 1.165) is 12.0 Å². The van der Waals surface area contributed by atoms with Crippen molar-refractivity contribution in [2.45, 2.75) is 39.0 Å². The van der Waals surface area contributed by atoms with Crippen LogP contribution in [-0.2, 0) is 27.3 Å². The number of nitrogens with zero attached hydrogens (tertiary/aromatic N) is 2. The molecule has 0 radical (unpaired) electrons. The van der Waals surface area contributed by atoms with Crippen LogP contribution >= 0.6 is 0 Å². The third-order valence-electron chi connectivity index (χ3n) is 4.50. The minimum atomic E-state index is -0.556. The molecule has 0 aromatic heterocycles. The molecule has 2 rings (SSSR count). The quantitative estimate of drug-likeness (QED) is 0.835. The number of primary amides is 1. The van der Waals surface area contributed by atoms with Gasteiger partial charge in [0, 0.05) is 20.1 Å². The van der Waals surface area contributed by atoms with Crippen molar-refractivity contribution >= 4 is 11.8 Å². The van der Waals surface area contributed by atoms with Crippen LogP contribution in [0.4, 0.5) is 0 Å². The molecule has 6 nitrogen and oxygen atoms in total. The van der Waals surface area contributed by atoms with Gasteiger partial charge in [0.05, 0.1) is 19.3 Å². The molecule has 2 amide bonds. The van der Waals surface area contributed by atoms with Gasteiger partial charge in [-0.15, -0.1) is 0 Å². The lowest BCUT2D eigenvalue weighted by Gasteiger charge is -2.38. The summed E-state index contributed by atoms with van der Waals surface area (Å²) in [6.45, 7) is 5.67. The van der Waals surface area contributed by atoms with Crippen molar-refractivity contribution in [1.29, 1.82) is 0 Å². The predicted molar refractivity (Wildman–Crippen MR) is 92.3 cm³/mol. The number of hydrogen-bond acceptors (Lipinski definition) is 4. The van der Waals surface area contributed by atoms with E-state index in [0.29, 0.717) is 19.7 Å². The van der Waals surface area contributed by atoms with E-state index in [-0.39, 0.29) is 18.6 Å². The maximum Gasteiger partial charge on any atom is 0.237 e.